The third-order valence-electron chi connectivity index (χ3n) is 5.22. The third kappa shape index (κ3) is 3.02. The number of nitrogens with zero attached hydrogens (tertiary/aromatic N) is 8. The molecule has 2 aromatic heterocycles. The van der Waals surface area contributed by atoms with Crippen molar-refractivity contribution in [2.75, 3.05) is 49.6 Å². The van der Waals surface area contributed by atoms with Gasteiger partial charge < -0.3 is 14.7 Å². The van der Waals surface area contributed by atoms with Crippen molar-refractivity contribution >= 4 is 17.6 Å². The highest BCUT2D eigenvalue weighted by atomic mass is 15.4. The number of hydrogen-bond donors (Lipinski definition) is 0. The van der Waals surface area contributed by atoms with Gasteiger partial charge in [0.2, 0.25) is 11.9 Å². The molecular formula is C19H22N8. The van der Waals surface area contributed by atoms with E-state index in [2.05, 4.69) is 51.1 Å². The van der Waals surface area contributed by atoms with E-state index in [1.807, 2.05) is 12.3 Å². The van der Waals surface area contributed by atoms with Crippen LogP contribution in [-0.2, 0) is 6.42 Å². The quantitative estimate of drug-likeness (QED) is 0.699. The zero-order valence-electron chi connectivity index (χ0n) is 15.4. The van der Waals surface area contributed by atoms with Crippen LogP contribution < -0.4 is 9.80 Å². The lowest BCUT2D eigenvalue weighted by Gasteiger charge is -2.32. The summed E-state index contributed by atoms with van der Waals surface area (Å²) in [5.74, 6) is 1.97. The molecule has 5 rings (SSSR count). The van der Waals surface area contributed by atoms with Crippen molar-refractivity contribution in [3.8, 4) is 5.95 Å². The molecule has 2 aliphatic rings. The van der Waals surface area contributed by atoms with Gasteiger partial charge in [-0.25, -0.2) is 4.68 Å². The van der Waals surface area contributed by atoms with Crippen molar-refractivity contribution < 1.29 is 0 Å². The van der Waals surface area contributed by atoms with E-state index in [4.69, 9.17) is 15.0 Å². The van der Waals surface area contributed by atoms with E-state index < -0.39 is 0 Å². The van der Waals surface area contributed by atoms with Crippen molar-refractivity contribution in [2.24, 2.45) is 0 Å². The van der Waals surface area contributed by atoms with Crippen molar-refractivity contribution in [3.05, 3.63) is 48.3 Å². The van der Waals surface area contributed by atoms with Crippen LogP contribution in [0.15, 0.2) is 42.7 Å². The molecule has 0 aliphatic carbocycles. The molecular weight excluding hydrogens is 340 g/mol. The molecule has 0 N–H and O–H groups in total. The molecule has 0 unspecified atom stereocenters. The van der Waals surface area contributed by atoms with Gasteiger partial charge in [-0.3, -0.25) is 0 Å². The molecule has 1 fully saturated rings. The second-order valence-corrected chi connectivity index (χ2v) is 7.01. The highest BCUT2D eigenvalue weighted by molar-refractivity contribution is 5.66. The average molecular weight is 362 g/mol. The van der Waals surface area contributed by atoms with Gasteiger partial charge in [-0.05, 0) is 31.2 Å². The van der Waals surface area contributed by atoms with Crippen LogP contribution in [0.3, 0.4) is 0 Å². The van der Waals surface area contributed by atoms with Gasteiger partial charge in [0.05, 0.1) is 0 Å². The monoisotopic (exact) mass is 362 g/mol. The summed E-state index contributed by atoms with van der Waals surface area (Å²) in [6, 6.07) is 10.3. The fourth-order valence-electron chi connectivity index (χ4n) is 3.65. The fraction of sp³-hybridized carbons (Fsp3) is 0.368. The van der Waals surface area contributed by atoms with Gasteiger partial charge in [-0.1, -0.05) is 18.2 Å². The SMILES string of the molecule is CN1CCN(c2nc(N3CCc4ccccc43)nc(-n3cccn3)n2)CC1. The number of likely N-dealkylation sites (N-methyl/N-ethyl adjacent to an activating group) is 1. The highest BCUT2D eigenvalue weighted by Gasteiger charge is 2.25. The van der Waals surface area contributed by atoms with Crippen LogP contribution in [0.5, 0.6) is 0 Å². The number of fused-ring (bicyclic) bond motifs is 1. The average Bonchev–Trinajstić information content (AvgIpc) is 3.38. The maximum absolute atomic E-state index is 4.84. The Morgan fingerprint density at radius 3 is 2.41 bits per heavy atom. The predicted octanol–water partition coefficient (Wildman–Crippen LogP) is 1.50. The number of rotatable bonds is 3. The van der Waals surface area contributed by atoms with E-state index in [0.717, 1.165) is 45.1 Å². The summed E-state index contributed by atoms with van der Waals surface area (Å²) >= 11 is 0. The topological polar surface area (TPSA) is 66.2 Å². The standard InChI is InChI=1S/C19H22N8/c1-24-11-13-25(14-12-24)17-21-18(23-19(22-17)27-9-4-8-20-27)26-10-7-15-5-2-3-6-16(15)26/h2-6,8-9H,7,10-14H2,1H3. The Kier molecular flexibility index (Phi) is 3.97. The molecule has 138 valence electrons. The molecule has 3 aromatic rings. The smallest absolute Gasteiger partial charge is 0.257 e. The van der Waals surface area contributed by atoms with Crippen LogP contribution in [-0.4, -0.2) is 69.4 Å². The lowest BCUT2D eigenvalue weighted by Crippen LogP contribution is -2.45. The number of aromatic nitrogens is 5. The second-order valence-electron chi connectivity index (χ2n) is 7.01. The molecule has 0 bridgehead atoms. The summed E-state index contributed by atoms with van der Waals surface area (Å²) in [5.41, 5.74) is 2.51. The molecule has 1 saturated heterocycles. The summed E-state index contributed by atoms with van der Waals surface area (Å²) in [6.07, 6.45) is 4.61. The first kappa shape index (κ1) is 16.2. The van der Waals surface area contributed by atoms with Crippen molar-refractivity contribution in [1.82, 2.24) is 29.6 Å². The minimum Gasteiger partial charge on any atom is -0.338 e. The van der Waals surface area contributed by atoms with Crippen LogP contribution in [0.2, 0.25) is 0 Å². The zero-order valence-corrected chi connectivity index (χ0v) is 15.4. The number of piperazine rings is 1. The van der Waals surface area contributed by atoms with E-state index >= 15 is 0 Å². The molecule has 0 radical (unpaired) electrons. The molecule has 0 spiro atoms. The Bertz CT molecular complexity index is 931. The van der Waals surface area contributed by atoms with E-state index in [9.17, 15) is 0 Å². The van der Waals surface area contributed by atoms with Gasteiger partial charge in [0.25, 0.3) is 5.95 Å². The van der Waals surface area contributed by atoms with E-state index in [-0.39, 0.29) is 0 Å². The van der Waals surface area contributed by atoms with Gasteiger partial charge in [0.15, 0.2) is 0 Å². The first-order valence-corrected chi connectivity index (χ1v) is 9.33. The summed E-state index contributed by atoms with van der Waals surface area (Å²) in [6.45, 7) is 4.71. The lowest BCUT2D eigenvalue weighted by molar-refractivity contribution is 0.311. The van der Waals surface area contributed by atoms with Crippen LogP contribution in [0, 0.1) is 0 Å². The normalized spacial score (nSPS) is 17.4. The van der Waals surface area contributed by atoms with Gasteiger partial charge in [0.1, 0.15) is 0 Å². The molecule has 27 heavy (non-hydrogen) atoms. The third-order valence-corrected chi connectivity index (χ3v) is 5.22. The Labute approximate surface area is 158 Å². The van der Waals surface area contributed by atoms with Crippen LogP contribution in [0.4, 0.5) is 17.6 Å². The molecule has 8 heteroatoms. The predicted molar refractivity (Wildman–Crippen MR) is 104 cm³/mol. The Balaban J connectivity index is 1.57. The van der Waals surface area contributed by atoms with Crippen LogP contribution in [0.25, 0.3) is 5.95 Å². The molecule has 0 saturated carbocycles. The van der Waals surface area contributed by atoms with Gasteiger partial charge in [-0.15, -0.1) is 0 Å². The maximum atomic E-state index is 4.84. The van der Waals surface area contributed by atoms with E-state index in [1.165, 1.54) is 11.3 Å². The summed E-state index contributed by atoms with van der Waals surface area (Å²) < 4.78 is 1.70. The fourth-order valence-corrected chi connectivity index (χ4v) is 3.65. The minimum atomic E-state index is 0.559. The number of hydrogen-bond acceptors (Lipinski definition) is 7. The summed E-state index contributed by atoms with van der Waals surface area (Å²) in [5, 5.41) is 4.32. The molecule has 2 aliphatic heterocycles. The van der Waals surface area contributed by atoms with E-state index in [1.54, 1.807) is 10.9 Å². The first-order chi connectivity index (χ1) is 13.3. The van der Waals surface area contributed by atoms with Crippen molar-refractivity contribution in [1.29, 1.82) is 0 Å². The molecule has 4 heterocycles. The van der Waals surface area contributed by atoms with Crippen LogP contribution >= 0.6 is 0 Å². The Morgan fingerprint density at radius 2 is 1.59 bits per heavy atom. The first-order valence-electron chi connectivity index (χ1n) is 9.33. The number of para-hydroxylation sites is 1. The Hall–Kier alpha value is -3.00. The minimum absolute atomic E-state index is 0.559. The molecule has 0 atom stereocenters. The second kappa shape index (κ2) is 6.62. The largest absolute Gasteiger partial charge is 0.338 e. The van der Waals surface area contributed by atoms with Gasteiger partial charge in [-0.2, -0.15) is 20.1 Å². The Morgan fingerprint density at radius 1 is 0.815 bits per heavy atom. The summed E-state index contributed by atoms with van der Waals surface area (Å²) in [4.78, 5) is 21.0. The molecule has 8 nitrogen and oxygen atoms in total. The van der Waals surface area contributed by atoms with Gasteiger partial charge >= 0.3 is 0 Å². The van der Waals surface area contributed by atoms with E-state index in [0.29, 0.717) is 11.9 Å². The maximum Gasteiger partial charge on any atom is 0.257 e. The number of anilines is 3. The van der Waals surface area contributed by atoms with Crippen molar-refractivity contribution in [3.63, 3.8) is 0 Å². The molecule has 1 aromatic carbocycles. The van der Waals surface area contributed by atoms with Crippen LogP contribution in [0.1, 0.15) is 5.56 Å². The van der Waals surface area contributed by atoms with Gasteiger partial charge in [0, 0.05) is 50.8 Å². The van der Waals surface area contributed by atoms with Crippen molar-refractivity contribution in [2.45, 2.75) is 6.42 Å². The summed E-state index contributed by atoms with van der Waals surface area (Å²) in [7, 11) is 2.15. The molecule has 0 amide bonds. The zero-order chi connectivity index (χ0) is 18.2. The number of benzene rings is 1. The highest BCUT2D eigenvalue weighted by Crippen LogP contribution is 2.33. The lowest BCUT2D eigenvalue weighted by atomic mass is 10.2.